The molecular formula is C54H64N6O17S. The van der Waals surface area contributed by atoms with E-state index >= 15 is 0 Å². The van der Waals surface area contributed by atoms with Crippen molar-refractivity contribution in [3.63, 3.8) is 0 Å². The lowest BCUT2D eigenvalue weighted by molar-refractivity contribution is -0.147. The van der Waals surface area contributed by atoms with Gasteiger partial charge in [0, 0.05) is 60.8 Å². The molecule has 24 heteroatoms. The Labute approximate surface area is 453 Å². The number of ether oxygens (including phenoxy) is 7. The fourth-order valence-corrected chi connectivity index (χ4v) is 8.93. The average molecular weight is 1100 g/mol. The molecule has 2 aliphatic heterocycles. The summed E-state index contributed by atoms with van der Waals surface area (Å²) in [4.78, 5) is 119. The van der Waals surface area contributed by atoms with Crippen molar-refractivity contribution >= 4 is 80.3 Å². The van der Waals surface area contributed by atoms with Crippen molar-refractivity contribution in [2.75, 3.05) is 65.7 Å². The second kappa shape index (κ2) is 29.0. The molecule has 0 fully saturated rings. The van der Waals surface area contributed by atoms with E-state index in [9.17, 15) is 43.2 Å². The molecule has 6 rings (SSSR count). The van der Waals surface area contributed by atoms with Gasteiger partial charge < -0.3 is 59.1 Å². The van der Waals surface area contributed by atoms with Crippen LogP contribution in [0.2, 0.25) is 0 Å². The highest BCUT2D eigenvalue weighted by Gasteiger charge is 2.29. The number of carbonyl (C=O) groups excluding carboxylic acids is 8. The maximum absolute atomic E-state index is 13.2. The number of esters is 1. The van der Waals surface area contributed by atoms with E-state index in [4.69, 9.17) is 38.3 Å². The lowest BCUT2D eigenvalue weighted by Gasteiger charge is -2.24. The molecule has 0 saturated carbocycles. The van der Waals surface area contributed by atoms with Crippen LogP contribution in [0.1, 0.15) is 85.8 Å². The summed E-state index contributed by atoms with van der Waals surface area (Å²) in [5.41, 5.74) is 2.47. The number of imide groups is 1. The third-order valence-corrected chi connectivity index (χ3v) is 13.4. The van der Waals surface area contributed by atoms with Crippen molar-refractivity contribution in [1.82, 2.24) is 25.4 Å². The van der Waals surface area contributed by atoms with Gasteiger partial charge in [0.05, 0.1) is 90.4 Å². The van der Waals surface area contributed by atoms with E-state index in [-0.39, 0.29) is 133 Å². The summed E-state index contributed by atoms with van der Waals surface area (Å²) in [6, 6.07) is 11.7. The number of Topliss-reactive ketones (excluding diaryl/α,β-unsaturated/α-hetero) is 1. The minimum absolute atomic E-state index is 0.0280. The number of ketones is 1. The Morgan fingerprint density at radius 2 is 1.44 bits per heavy atom. The first-order valence-electron chi connectivity index (χ1n) is 25.2. The Balaban J connectivity index is 0.848. The zero-order valence-electron chi connectivity index (χ0n) is 44.0. The molecule has 6 amide bonds. The third-order valence-electron chi connectivity index (χ3n) is 12.2. The van der Waals surface area contributed by atoms with Crippen LogP contribution in [0, 0.1) is 5.92 Å². The summed E-state index contributed by atoms with van der Waals surface area (Å²) in [6.45, 7) is 6.61. The summed E-state index contributed by atoms with van der Waals surface area (Å²) >= 11 is 1.26. The molecule has 4 heterocycles. The zero-order valence-corrected chi connectivity index (χ0v) is 44.9. The number of anilines is 1. The lowest BCUT2D eigenvalue weighted by Crippen LogP contribution is -2.53. The van der Waals surface area contributed by atoms with E-state index in [0.717, 1.165) is 20.5 Å². The van der Waals surface area contributed by atoms with Crippen LogP contribution in [-0.4, -0.2) is 146 Å². The highest BCUT2D eigenvalue weighted by Crippen LogP contribution is 2.37. The number of aliphatic carboxylic acids is 1. The maximum atomic E-state index is 13.2. The first kappa shape index (κ1) is 59.3. The molecule has 0 saturated heterocycles. The lowest BCUT2D eigenvalue weighted by atomic mass is 10.0. The summed E-state index contributed by atoms with van der Waals surface area (Å²) in [5.74, 6) is -3.06. The second-order valence-electron chi connectivity index (χ2n) is 18.4. The first-order chi connectivity index (χ1) is 37.4. The van der Waals surface area contributed by atoms with Crippen LogP contribution in [0.25, 0.3) is 10.1 Å². The number of carbonyl (C=O) groups is 9. The fraction of sp³-hybridized carbons (Fsp3) is 0.444. The Bertz CT molecular complexity index is 2850. The minimum Gasteiger partial charge on any atom is -0.493 e. The Morgan fingerprint density at radius 3 is 2.13 bits per heavy atom. The average Bonchev–Trinajstić information content (AvgIpc) is 4.15. The van der Waals surface area contributed by atoms with Gasteiger partial charge in [0.2, 0.25) is 23.6 Å². The van der Waals surface area contributed by atoms with Gasteiger partial charge in [0.1, 0.15) is 18.7 Å². The number of nitrogens with zero attached hydrogens (tertiary/aromatic N) is 3. The van der Waals surface area contributed by atoms with Crippen molar-refractivity contribution in [3.05, 3.63) is 82.4 Å². The number of thiophene rings is 1. The fourth-order valence-electron chi connectivity index (χ4n) is 7.89. The number of amides is 6. The van der Waals surface area contributed by atoms with Crippen LogP contribution in [0.5, 0.6) is 23.1 Å². The summed E-state index contributed by atoms with van der Waals surface area (Å²) in [5, 5.41) is 17.8. The molecule has 0 bridgehead atoms. The van der Waals surface area contributed by atoms with Crippen molar-refractivity contribution in [1.29, 1.82) is 0 Å². The van der Waals surface area contributed by atoms with Gasteiger partial charge >= 0.3 is 11.9 Å². The zero-order chi connectivity index (χ0) is 56.3. The van der Waals surface area contributed by atoms with Gasteiger partial charge in [0.25, 0.3) is 17.7 Å². The number of carboxylic acids is 1. The predicted octanol–water partition coefficient (Wildman–Crippen LogP) is 4.51. The molecule has 78 heavy (non-hydrogen) atoms. The van der Waals surface area contributed by atoms with Gasteiger partial charge in [-0.2, -0.15) is 0 Å². The molecule has 0 unspecified atom stereocenters. The molecule has 4 N–H and O–H groups in total. The monoisotopic (exact) mass is 1100 g/mol. The number of nitrogens with one attached hydrogen (secondary N) is 3. The minimum atomic E-state index is -1.03. The topological polar surface area (TPSA) is 294 Å². The van der Waals surface area contributed by atoms with Crippen LogP contribution < -0.4 is 34.9 Å². The molecule has 23 nitrogen and oxygen atoms in total. The number of carboxylic acid groups (broad SMARTS) is 1. The summed E-state index contributed by atoms with van der Waals surface area (Å²) in [7, 11) is 3.00. The van der Waals surface area contributed by atoms with E-state index in [1.807, 2.05) is 0 Å². The molecular weight excluding hydrogens is 1040 g/mol. The molecule has 0 aliphatic carbocycles. The van der Waals surface area contributed by atoms with Crippen molar-refractivity contribution in [2.24, 2.45) is 5.92 Å². The molecule has 2 aromatic heterocycles. The van der Waals surface area contributed by atoms with Crippen LogP contribution >= 0.6 is 11.3 Å². The number of pyridine rings is 1. The summed E-state index contributed by atoms with van der Waals surface area (Å²) < 4.78 is 40.1. The molecule has 2 aliphatic rings. The smallest absolute Gasteiger partial charge is 0.306 e. The molecule has 0 spiro atoms. The van der Waals surface area contributed by atoms with Crippen LogP contribution in [0.4, 0.5) is 5.69 Å². The van der Waals surface area contributed by atoms with Crippen molar-refractivity contribution < 1.29 is 81.4 Å². The molecule has 4 aromatic rings. The number of hydrogen-bond donors (Lipinski definition) is 4. The maximum Gasteiger partial charge on any atom is 0.306 e. The van der Waals surface area contributed by atoms with E-state index in [1.54, 1.807) is 67.3 Å². The molecule has 418 valence electrons. The highest BCUT2D eigenvalue weighted by atomic mass is 32.1. The third kappa shape index (κ3) is 17.3. The number of methoxy groups -OCH3 is 2. The number of benzene rings is 2. The van der Waals surface area contributed by atoms with E-state index < -0.39 is 41.7 Å². The quantitative estimate of drug-likeness (QED) is 0.0226. The van der Waals surface area contributed by atoms with Crippen LogP contribution in [-0.2, 0) is 72.3 Å². The second-order valence-corrected chi connectivity index (χ2v) is 19.5. The molecule has 2 aromatic carbocycles. The number of hydrogen-bond acceptors (Lipinski definition) is 18. The first-order valence-corrected chi connectivity index (χ1v) is 26.0. The largest absolute Gasteiger partial charge is 0.493 e. The number of aromatic nitrogens is 1. The van der Waals surface area contributed by atoms with Crippen molar-refractivity contribution in [3.8, 4) is 23.1 Å². The van der Waals surface area contributed by atoms with Crippen molar-refractivity contribution in [2.45, 2.75) is 91.1 Å². The SMILES string of the molecule is COc1cc2sc(C(=O)CCC(=O)O)cc2cc1OCCCOc1nc2c(cc1OC)CN(C(=O)CCC(=O)OCc1ccc(NC(=O)[C@H](C)NC(=O)[C@@H](NC(=O)CCOCCOCCN3C(=O)C=CC3=O)C(C)C)cc1)C2. The Kier molecular flexibility index (Phi) is 22.0. The van der Waals surface area contributed by atoms with Gasteiger partial charge in [-0.1, -0.05) is 26.0 Å². The van der Waals surface area contributed by atoms with E-state index in [1.165, 1.54) is 44.6 Å². The van der Waals surface area contributed by atoms with Gasteiger partial charge in [-0.05, 0) is 59.7 Å². The molecule has 0 radical (unpaired) electrons. The van der Waals surface area contributed by atoms with E-state index in [2.05, 4.69) is 20.9 Å². The van der Waals surface area contributed by atoms with E-state index in [0.29, 0.717) is 45.5 Å². The molecule has 2 atom stereocenters. The predicted molar refractivity (Wildman–Crippen MR) is 281 cm³/mol. The van der Waals surface area contributed by atoms with Crippen LogP contribution in [0.3, 0.4) is 0 Å². The van der Waals surface area contributed by atoms with Gasteiger partial charge in [-0.3, -0.25) is 48.1 Å². The number of rotatable bonds is 32. The van der Waals surface area contributed by atoms with Crippen LogP contribution in [0.15, 0.2) is 60.7 Å². The van der Waals surface area contributed by atoms with Gasteiger partial charge in [0.15, 0.2) is 23.0 Å². The number of fused-ring (bicyclic) bond motifs is 2. The Morgan fingerprint density at radius 1 is 0.731 bits per heavy atom. The highest BCUT2D eigenvalue weighted by molar-refractivity contribution is 7.20. The Hall–Kier alpha value is -7.96. The standard InChI is InChI=1S/C54H64N6O17S/c1-32(2)51(58-45(62)17-21-73-23-24-74-22-18-60-47(64)12-13-48(60)65)53(70)55-33(3)52(69)56-37-9-7-34(8-10-37)31-77-50(68)16-14-46(63)59-29-36-26-42(72-5)54(57-38(36)30-59)76-20-6-19-75-41-25-35-27-44(39(61)11-15-49(66)67)78-43(35)28-40(41)71-4/h7-10,12-13,25-28,32-33,51H,6,11,14-24,29-31H2,1-5H3,(H,55,70)(H,56,69)(H,58,62)(H,66,67)/t33-,51-/m0/s1. The van der Waals surface area contributed by atoms with Gasteiger partial charge in [-0.15, -0.1) is 11.3 Å². The summed E-state index contributed by atoms with van der Waals surface area (Å²) in [6.07, 6.45) is 2.26. The normalized spacial score (nSPS) is 13.5. The van der Waals surface area contributed by atoms with Gasteiger partial charge in [-0.25, -0.2) is 4.98 Å².